The quantitative estimate of drug-likeness (QED) is 0.856. The lowest BCUT2D eigenvalue weighted by Crippen LogP contribution is -2.03. The number of halogens is 1. The summed E-state index contributed by atoms with van der Waals surface area (Å²) in [6.07, 6.45) is 3.62. The van der Waals surface area contributed by atoms with Crippen molar-refractivity contribution in [2.24, 2.45) is 0 Å². The van der Waals surface area contributed by atoms with E-state index in [1.165, 1.54) is 0 Å². The van der Waals surface area contributed by atoms with Crippen LogP contribution in [0.15, 0.2) is 35.2 Å². The van der Waals surface area contributed by atoms with Crippen molar-refractivity contribution in [2.45, 2.75) is 6.61 Å². The van der Waals surface area contributed by atoms with E-state index in [1.807, 2.05) is 24.4 Å². The maximum atomic E-state index is 5.08. The van der Waals surface area contributed by atoms with Gasteiger partial charge in [-0.25, -0.2) is 4.68 Å². The Hall–Kier alpha value is -1.20. The topological polar surface area (TPSA) is 39.9 Å². The van der Waals surface area contributed by atoms with E-state index in [1.54, 1.807) is 18.0 Å². The molecule has 2 rings (SSSR count). The average molecular weight is 268 g/mol. The summed E-state index contributed by atoms with van der Waals surface area (Å²) in [4.78, 5) is 4.25. The zero-order valence-electron chi connectivity index (χ0n) is 8.22. The van der Waals surface area contributed by atoms with E-state index in [9.17, 15) is 0 Å². The highest BCUT2D eigenvalue weighted by Gasteiger charge is 2.05. The molecule has 0 spiro atoms. The molecule has 2 heterocycles. The summed E-state index contributed by atoms with van der Waals surface area (Å²) in [7, 11) is 1.65. The Morgan fingerprint density at radius 2 is 2.33 bits per heavy atom. The third-order valence-corrected chi connectivity index (χ3v) is 2.37. The smallest absolute Gasteiger partial charge is 0.128 e. The van der Waals surface area contributed by atoms with E-state index in [-0.39, 0.29) is 0 Å². The van der Waals surface area contributed by atoms with Gasteiger partial charge >= 0.3 is 0 Å². The summed E-state index contributed by atoms with van der Waals surface area (Å²) in [5, 5.41) is 4.26. The Kier molecular flexibility index (Phi) is 3.13. The third-order valence-electron chi connectivity index (χ3n) is 1.95. The zero-order chi connectivity index (χ0) is 10.7. The summed E-state index contributed by atoms with van der Waals surface area (Å²) >= 11 is 3.31. The normalized spacial score (nSPS) is 10.5. The largest absolute Gasteiger partial charge is 0.378 e. The van der Waals surface area contributed by atoms with E-state index < -0.39 is 0 Å². The highest BCUT2D eigenvalue weighted by molar-refractivity contribution is 9.10. The molecule has 0 atom stereocenters. The molecule has 0 saturated carbocycles. The van der Waals surface area contributed by atoms with Crippen molar-refractivity contribution in [3.05, 3.63) is 40.9 Å². The minimum absolute atomic E-state index is 0.480. The van der Waals surface area contributed by atoms with Crippen LogP contribution in [-0.4, -0.2) is 21.9 Å². The first-order valence-corrected chi connectivity index (χ1v) is 5.25. The monoisotopic (exact) mass is 267 g/mol. The summed E-state index contributed by atoms with van der Waals surface area (Å²) in [5.41, 5.74) is 1.81. The fraction of sp³-hybridized carbons (Fsp3) is 0.200. The zero-order valence-corrected chi connectivity index (χ0v) is 9.81. The number of pyridine rings is 1. The average Bonchev–Trinajstić information content (AvgIpc) is 2.66. The Morgan fingerprint density at radius 3 is 3.00 bits per heavy atom. The van der Waals surface area contributed by atoms with Crippen LogP contribution in [0.1, 0.15) is 5.69 Å². The van der Waals surface area contributed by atoms with Crippen molar-refractivity contribution in [1.29, 1.82) is 0 Å². The maximum absolute atomic E-state index is 5.08. The van der Waals surface area contributed by atoms with Crippen LogP contribution in [0.25, 0.3) is 5.69 Å². The van der Waals surface area contributed by atoms with Crippen LogP contribution in [-0.2, 0) is 11.3 Å². The minimum atomic E-state index is 0.480. The molecule has 0 bridgehead atoms. The number of hydrogen-bond acceptors (Lipinski definition) is 3. The van der Waals surface area contributed by atoms with E-state index in [2.05, 4.69) is 26.0 Å². The number of rotatable bonds is 3. The fourth-order valence-electron chi connectivity index (χ4n) is 1.32. The Morgan fingerprint density at radius 1 is 1.47 bits per heavy atom. The molecular weight excluding hydrogens is 258 g/mol. The van der Waals surface area contributed by atoms with Crippen molar-refractivity contribution >= 4 is 15.9 Å². The van der Waals surface area contributed by atoms with Gasteiger partial charge in [-0.3, -0.25) is 4.98 Å². The third kappa shape index (κ3) is 2.24. The van der Waals surface area contributed by atoms with Crippen LogP contribution < -0.4 is 0 Å². The van der Waals surface area contributed by atoms with E-state index >= 15 is 0 Å². The molecule has 78 valence electrons. The molecule has 2 aromatic rings. The van der Waals surface area contributed by atoms with Crippen LogP contribution in [0.4, 0.5) is 0 Å². The SMILES string of the molecule is COCc1ncccc1-n1ccc(Br)n1. The summed E-state index contributed by atoms with van der Waals surface area (Å²) in [6, 6.07) is 5.72. The van der Waals surface area contributed by atoms with Gasteiger partial charge in [0.1, 0.15) is 4.60 Å². The van der Waals surface area contributed by atoms with Crippen molar-refractivity contribution in [3.63, 3.8) is 0 Å². The first kappa shape index (κ1) is 10.3. The van der Waals surface area contributed by atoms with E-state index in [4.69, 9.17) is 4.74 Å². The van der Waals surface area contributed by atoms with Crippen LogP contribution in [0.2, 0.25) is 0 Å². The van der Waals surface area contributed by atoms with Gasteiger partial charge in [0.2, 0.25) is 0 Å². The van der Waals surface area contributed by atoms with Gasteiger partial charge in [-0.2, -0.15) is 5.10 Å². The first-order valence-electron chi connectivity index (χ1n) is 4.45. The van der Waals surface area contributed by atoms with Gasteiger partial charge in [-0.05, 0) is 34.1 Å². The second-order valence-corrected chi connectivity index (χ2v) is 3.80. The lowest BCUT2D eigenvalue weighted by atomic mass is 10.3. The highest BCUT2D eigenvalue weighted by atomic mass is 79.9. The predicted molar refractivity (Wildman–Crippen MR) is 59.8 cm³/mol. The van der Waals surface area contributed by atoms with Gasteiger partial charge in [0.05, 0.1) is 18.0 Å². The number of ether oxygens (including phenoxy) is 1. The Balaban J connectivity index is 2.42. The van der Waals surface area contributed by atoms with Gasteiger partial charge in [0, 0.05) is 19.5 Å². The van der Waals surface area contributed by atoms with Crippen molar-refractivity contribution < 1.29 is 4.74 Å². The lowest BCUT2D eigenvalue weighted by molar-refractivity contribution is 0.181. The van der Waals surface area contributed by atoms with E-state index in [0.29, 0.717) is 6.61 Å². The predicted octanol–water partition coefficient (Wildman–Crippen LogP) is 2.18. The number of aromatic nitrogens is 3. The molecule has 0 fully saturated rings. The van der Waals surface area contributed by atoms with Gasteiger partial charge in [-0.1, -0.05) is 0 Å². The van der Waals surface area contributed by atoms with E-state index in [0.717, 1.165) is 16.0 Å². The van der Waals surface area contributed by atoms with Crippen LogP contribution in [0, 0.1) is 0 Å². The number of nitrogens with zero attached hydrogens (tertiary/aromatic N) is 3. The molecule has 0 aliphatic rings. The molecule has 5 heteroatoms. The molecule has 0 saturated heterocycles. The van der Waals surface area contributed by atoms with Crippen LogP contribution in [0.5, 0.6) is 0 Å². The highest BCUT2D eigenvalue weighted by Crippen LogP contribution is 2.14. The molecule has 0 aliphatic heterocycles. The second kappa shape index (κ2) is 4.55. The molecule has 15 heavy (non-hydrogen) atoms. The maximum Gasteiger partial charge on any atom is 0.128 e. The summed E-state index contributed by atoms with van der Waals surface area (Å²) < 4.78 is 7.65. The molecule has 0 amide bonds. The first-order chi connectivity index (χ1) is 7.31. The van der Waals surface area contributed by atoms with Gasteiger partial charge in [0.15, 0.2) is 0 Å². The molecule has 2 aromatic heterocycles. The van der Waals surface area contributed by atoms with Crippen LogP contribution >= 0.6 is 15.9 Å². The number of methoxy groups -OCH3 is 1. The Bertz CT molecular complexity index is 455. The number of hydrogen-bond donors (Lipinski definition) is 0. The van der Waals surface area contributed by atoms with Gasteiger partial charge in [0.25, 0.3) is 0 Å². The molecular formula is C10H10BrN3O. The molecule has 4 nitrogen and oxygen atoms in total. The standard InChI is InChI=1S/C10H10BrN3O/c1-15-7-8-9(3-2-5-12-8)14-6-4-10(11)13-14/h2-6H,7H2,1H3. The lowest BCUT2D eigenvalue weighted by Gasteiger charge is -2.06. The molecule has 0 aliphatic carbocycles. The Labute approximate surface area is 96.0 Å². The van der Waals surface area contributed by atoms with Gasteiger partial charge < -0.3 is 4.74 Å². The summed E-state index contributed by atoms with van der Waals surface area (Å²) in [6.45, 7) is 0.480. The molecule has 0 N–H and O–H groups in total. The van der Waals surface area contributed by atoms with Crippen molar-refractivity contribution in [2.75, 3.05) is 7.11 Å². The van der Waals surface area contributed by atoms with Gasteiger partial charge in [-0.15, -0.1) is 0 Å². The fourth-order valence-corrected chi connectivity index (χ4v) is 1.61. The van der Waals surface area contributed by atoms with Crippen molar-refractivity contribution in [3.8, 4) is 5.69 Å². The minimum Gasteiger partial charge on any atom is -0.378 e. The molecule has 0 radical (unpaired) electrons. The molecule has 0 aromatic carbocycles. The van der Waals surface area contributed by atoms with Crippen LogP contribution in [0.3, 0.4) is 0 Å². The summed E-state index contributed by atoms with van der Waals surface area (Å²) in [5.74, 6) is 0. The van der Waals surface area contributed by atoms with Crippen molar-refractivity contribution in [1.82, 2.24) is 14.8 Å². The second-order valence-electron chi connectivity index (χ2n) is 2.99. The molecule has 0 unspecified atom stereocenters.